The van der Waals surface area contributed by atoms with Crippen LogP contribution in [0.15, 0.2) is 75.9 Å². The Labute approximate surface area is 164 Å². The summed E-state index contributed by atoms with van der Waals surface area (Å²) in [6.45, 7) is 6.33. The van der Waals surface area contributed by atoms with Crippen molar-refractivity contribution in [1.29, 1.82) is 0 Å². The quantitative estimate of drug-likeness (QED) is 0.445. The second-order valence-corrected chi connectivity index (χ2v) is 7.23. The molecular formula is C25H22O3. The third-order valence-electron chi connectivity index (χ3n) is 4.82. The summed E-state index contributed by atoms with van der Waals surface area (Å²) in [4.78, 5) is 13.2. The lowest BCUT2D eigenvalue weighted by atomic mass is 10.1. The van der Waals surface area contributed by atoms with Crippen molar-refractivity contribution in [2.45, 2.75) is 27.4 Å². The molecule has 0 saturated heterocycles. The monoisotopic (exact) mass is 370 g/mol. The molecule has 4 rings (SSSR count). The maximum absolute atomic E-state index is 13.2. The van der Waals surface area contributed by atoms with Crippen molar-refractivity contribution in [2.75, 3.05) is 0 Å². The first-order chi connectivity index (χ1) is 13.5. The molecular weight excluding hydrogens is 348 g/mol. The average Bonchev–Trinajstić information content (AvgIpc) is 2.69. The van der Waals surface area contributed by atoms with E-state index in [4.69, 9.17) is 9.15 Å². The van der Waals surface area contributed by atoms with Gasteiger partial charge in [-0.25, -0.2) is 0 Å². The van der Waals surface area contributed by atoms with E-state index in [9.17, 15) is 4.79 Å². The maximum Gasteiger partial charge on any atom is 0.235 e. The van der Waals surface area contributed by atoms with Crippen molar-refractivity contribution in [3.63, 3.8) is 0 Å². The highest BCUT2D eigenvalue weighted by Gasteiger charge is 2.18. The lowest BCUT2D eigenvalue weighted by molar-refractivity contribution is 0.298. The van der Waals surface area contributed by atoms with Gasteiger partial charge in [-0.3, -0.25) is 4.79 Å². The maximum atomic E-state index is 13.2. The molecule has 0 N–H and O–H groups in total. The van der Waals surface area contributed by atoms with Gasteiger partial charge in [0.2, 0.25) is 11.2 Å². The second kappa shape index (κ2) is 7.35. The zero-order valence-corrected chi connectivity index (χ0v) is 16.3. The van der Waals surface area contributed by atoms with Crippen LogP contribution in [0.1, 0.15) is 22.3 Å². The predicted octanol–water partition coefficient (Wildman–Crippen LogP) is 5.96. The molecule has 3 nitrogen and oxygen atoms in total. The summed E-state index contributed by atoms with van der Waals surface area (Å²) in [6.07, 6.45) is 0. The van der Waals surface area contributed by atoms with E-state index in [1.54, 1.807) is 0 Å². The van der Waals surface area contributed by atoms with Gasteiger partial charge in [-0.05, 0) is 38.5 Å². The Hall–Kier alpha value is -3.33. The molecule has 0 bridgehead atoms. The molecule has 3 heteroatoms. The first kappa shape index (κ1) is 18.1. The minimum absolute atomic E-state index is 0.146. The van der Waals surface area contributed by atoms with Gasteiger partial charge in [0.1, 0.15) is 12.2 Å². The van der Waals surface area contributed by atoms with Crippen molar-refractivity contribution in [1.82, 2.24) is 0 Å². The van der Waals surface area contributed by atoms with Gasteiger partial charge in [-0.1, -0.05) is 71.3 Å². The number of hydrogen-bond acceptors (Lipinski definition) is 3. The SMILES string of the molecule is Cc1ccc(COc2c(-c3ccc(C)cc3)oc3ccc(C)cc3c2=O)cc1. The number of hydrogen-bond donors (Lipinski definition) is 0. The summed E-state index contributed by atoms with van der Waals surface area (Å²) in [5.74, 6) is 0.719. The number of rotatable bonds is 4. The first-order valence-electron chi connectivity index (χ1n) is 9.34. The van der Waals surface area contributed by atoms with Gasteiger partial charge in [0.15, 0.2) is 5.76 Å². The molecule has 0 unspecified atom stereocenters. The number of ether oxygens (including phenoxy) is 1. The fourth-order valence-corrected chi connectivity index (χ4v) is 3.16. The molecule has 1 aromatic heterocycles. The van der Waals surface area contributed by atoms with Crippen LogP contribution in [0, 0.1) is 20.8 Å². The summed E-state index contributed by atoms with van der Waals surface area (Å²) < 4.78 is 12.2. The topological polar surface area (TPSA) is 39.4 Å². The lowest BCUT2D eigenvalue weighted by Crippen LogP contribution is -2.10. The number of fused-ring (bicyclic) bond motifs is 1. The smallest absolute Gasteiger partial charge is 0.235 e. The first-order valence-corrected chi connectivity index (χ1v) is 9.34. The number of aryl methyl sites for hydroxylation is 3. The average molecular weight is 370 g/mol. The van der Waals surface area contributed by atoms with Crippen LogP contribution in [-0.4, -0.2) is 0 Å². The molecule has 0 atom stereocenters. The van der Waals surface area contributed by atoms with Gasteiger partial charge in [0, 0.05) is 5.56 Å². The van der Waals surface area contributed by atoms with Crippen molar-refractivity contribution < 1.29 is 9.15 Å². The fourth-order valence-electron chi connectivity index (χ4n) is 3.16. The van der Waals surface area contributed by atoms with Gasteiger partial charge < -0.3 is 9.15 Å². The standard InChI is InChI=1S/C25H22O3/c1-16-4-9-19(10-5-16)15-27-25-23(26)21-14-18(3)8-13-22(21)28-24(25)20-11-6-17(2)7-12-20/h4-14H,15H2,1-3H3. The molecule has 0 saturated carbocycles. The van der Waals surface area contributed by atoms with Crippen LogP contribution in [0.3, 0.4) is 0 Å². The molecule has 0 spiro atoms. The minimum atomic E-state index is -0.146. The Morgan fingerprint density at radius 3 is 2.07 bits per heavy atom. The van der Waals surface area contributed by atoms with Gasteiger partial charge >= 0.3 is 0 Å². The Bertz CT molecular complexity index is 1180. The van der Waals surface area contributed by atoms with E-state index < -0.39 is 0 Å². The minimum Gasteiger partial charge on any atom is -0.481 e. The molecule has 0 aliphatic heterocycles. The van der Waals surface area contributed by atoms with Crippen LogP contribution in [0.5, 0.6) is 5.75 Å². The Morgan fingerprint density at radius 2 is 1.39 bits per heavy atom. The highest BCUT2D eigenvalue weighted by Crippen LogP contribution is 2.31. The Balaban J connectivity index is 1.84. The molecule has 28 heavy (non-hydrogen) atoms. The van der Waals surface area contributed by atoms with Crippen LogP contribution in [0.4, 0.5) is 0 Å². The van der Waals surface area contributed by atoms with Crippen LogP contribution in [-0.2, 0) is 6.61 Å². The van der Waals surface area contributed by atoms with E-state index in [-0.39, 0.29) is 11.2 Å². The van der Waals surface area contributed by atoms with Crippen LogP contribution >= 0.6 is 0 Å². The summed E-state index contributed by atoms with van der Waals surface area (Å²) in [5, 5.41) is 0.537. The third-order valence-corrected chi connectivity index (χ3v) is 4.82. The van der Waals surface area contributed by atoms with Crippen LogP contribution < -0.4 is 10.2 Å². The largest absolute Gasteiger partial charge is 0.481 e. The van der Waals surface area contributed by atoms with Crippen molar-refractivity contribution >= 4 is 11.0 Å². The molecule has 0 radical (unpaired) electrons. The van der Waals surface area contributed by atoms with Gasteiger partial charge in [0.05, 0.1) is 5.39 Å². The molecule has 0 amide bonds. The fraction of sp³-hybridized carbons (Fsp3) is 0.160. The van der Waals surface area contributed by atoms with E-state index in [0.717, 1.165) is 22.3 Å². The van der Waals surface area contributed by atoms with Crippen LogP contribution in [0.25, 0.3) is 22.3 Å². The molecule has 4 aromatic rings. The summed E-state index contributed by atoms with van der Waals surface area (Å²) in [5.41, 5.74) is 5.58. The van der Waals surface area contributed by atoms with Gasteiger partial charge in [-0.15, -0.1) is 0 Å². The van der Waals surface area contributed by atoms with E-state index in [2.05, 4.69) is 0 Å². The zero-order chi connectivity index (χ0) is 19.7. The third kappa shape index (κ3) is 3.56. The van der Waals surface area contributed by atoms with Crippen molar-refractivity contribution in [3.8, 4) is 17.1 Å². The zero-order valence-electron chi connectivity index (χ0n) is 16.3. The molecule has 140 valence electrons. The van der Waals surface area contributed by atoms with E-state index >= 15 is 0 Å². The molecule has 1 heterocycles. The van der Waals surface area contributed by atoms with Gasteiger partial charge in [-0.2, -0.15) is 0 Å². The molecule has 0 aliphatic rings. The van der Waals surface area contributed by atoms with Crippen LogP contribution in [0.2, 0.25) is 0 Å². The molecule has 0 aliphatic carbocycles. The molecule has 3 aromatic carbocycles. The highest BCUT2D eigenvalue weighted by molar-refractivity contribution is 5.82. The highest BCUT2D eigenvalue weighted by atomic mass is 16.5. The predicted molar refractivity (Wildman–Crippen MR) is 113 cm³/mol. The van der Waals surface area contributed by atoms with Crippen molar-refractivity contribution in [3.05, 3.63) is 99.2 Å². The second-order valence-electron chi connectivity index (χ2n) is 7.23. The lowest BCUT2D eigenvalue weighted by Gasteiger charge is -2.12. The summed E-state index contributed by atoms with van der Waals surface area (Å²) in [6, 6.07) is 21.6. The van der Waals surface area contributed by atoms with Crippen molar-refractivity contribution in [2.24, 2.45) is 0 Å². The number of benzene rings is 3. The Kier molecular flexibility index (Phi) is 4.74. The van der Waals surface area contributed by atoms with E-state index in [1.807, 2.05) is 87.5 Å². The summed E-state index contributed by atoms with van der Waals surface area (Å²) in [7, 11) is 0. The van der Waals surface area contributed by atoms with Gasteiger partial charge in [0.25, 0.3) is 0 Å². The van der Waals surface area contributed by atoms with E-state index in [0.29, 0.717) is 23.3 Å². The molecule has 0 fully saturated rings. The summed E-state index contributed by atoms with van der Waals surface area (Å²) >= 11 is 0. The van der Waals surface area contributed by atoms with E-state index in [1.165, 1.54) is 5.56 Å². The Morgan fingerprint density at radius 1 is 0.786 bits per heavy atom. The normalized spacial score (nSPS) is 11.0.